The topological polar surface area (TPSA) is 95.9 Å². The molecule has 1 unspecified atom stereocenters. The molecule has 0 heterocycles. The third-order valence-electron chi connectivity index (χ3n) is 4.57. The molecule has 2 N–H and O–H groups in total. The number of nitrogens with one attached hydrogen (secondary N) is 1. The largest absolute Gasteiger partial charge is 0.465 e. The smallest absolute Gasteiger partial charge is 0.405 e. The van der Waals surface area contributed by atoms with Crippen LogP contribution in [0.3, 0.4) is 0 Å². The molecule has 2 aromatic rings. The Labute approximate surface area is 170 Å². The van der Waals surface area contributed by atoms with Crippen LogP contribution in [0, 0.1) is 0 Å². The van der Waals surface area contributed by atoms with E-state index in [0.717, 1.165) is 11.1 Å². The van der Waals surface area contributed by atoms with E-state index in [1.165, 1.54) is 12.0 Å². The Morgan fingerprint density at radius 2 is 1.52 bits per heavy atom. The van der Waals surface area contributed by atoms with Crippen molar-refractivity contribution >= 4 is 17.8 Å². The van der Waals surface area contributed by atoms with Crippen LogP contribution < -0.4 is 5.32 Å². The van der Waals surface area contributed by atoms with Crippen molar-refractivity contribution in [3.8, 4) is 0 Å². The molecule has 0 aromatic heterocycles. The number of benzene rings is 2. The highest BCUT2D eigenvalue weighted by molar-refractivity contribution is 5.94. The van der Waals surface area contributed by atoms with Crippen molar-refractivity contribution < 1.29 is 24.2 Å². The van der Waals surface area contributed by atoms with Crippen LogP contribution in [0.1, 0.15) is 24.0 Å². The zero-order valence-electron chi connectivity index (χ0n) is 16.6. The molecule has 2 amide bonds. The van der Waals surface area contributed by atoms with E-state index in [2.05, 4.69) is 5.32 Å². The summed E-state index contributed by atoms with van der Waals surface area (Å²) in [5.74, 6) is -1.17. The first kappa shape index (κ1) is 22.1. The van der Waals surface area contributed by atoms with Gasteiger partial charge in [0, 0.05) is 7.11 Å². The van der Waals surface area contributed by atoms with Crippen molar-refractivity contribution in [2.24, 2.45) is 0 Å². The van der Waals surface area contributed by atoms with Gasteiger partial charge in [-0.05, 0) is 18.1 Å². The summed E-state index contributed by atoms with van der Waals surface area (Å²) in [4.78, 5) is 38.0. The molecule has 2 rings (SSSR count). The van der Waals surface area contributed by atoms with Gasteiger partial charge in [0.2, 0.25) is 5.91 Å². The summed E-state index contributed by atoms with van der Waals surface area (Å²) < 4.78 is 5.13. The van der Waals surface area contributed by atoms with Gasteiger partial charge in [-0.15, -0.1) is 0 Å². The number of nitrogens with zero attached hydrogens (tertiary/aromatic N) is 1. The molecule has 0 spiro atoms. The van der Waals surface area contributed by atoms with Gasteiger partial charge in [0.15, 0.2) is 5.78 Å². The molecule has 1 atom stereocenters. The maximum Gasteiger partial charge on any atom is 0.405 e. The minimum absolute atomic E-state index is 0.154. The maximum atomic E-state index is 13.3. The third-order valence-corrected chi connectivity index (χ3v) is 4.57. The molecule has 0 aliphatic carbocycles. The average Bonchev–Trinajstić information content (AvgIpc) is 2.72. The number of rotatable bonds is 10. The Morgan fingerprint density at radius 1 is 1.00 bits per heavy atom. The van der Waals surface area contributed by atoms with Crippen LogP contribution in [-0.2, 0) is 14.3 Å². The number of ether oxygens (including phenoxy) is 1. The molecular weight excluding hydrogens is 372 g/mol. The van der Waals surface area contributed by atoms with E-state index in [-0.39, 0.29) is 25.0 Å². The van der Waals surface area contributed by atoms with Crippen LogP contribution in [0.2, 0.25) is 0 Å². The number of carboxylic acid groups (broad SMARTS) is 1. The molecule has 0 saturated heterocycles. The zero-order chi connectivity index (χ0) is 21.2. The molecule has 0 aliphatic heterocycles. The standard InChI is InChI=1S/C22H26N2O5/c1-16(15-29-2)24(20(26)13-23-22(27)28)14-19(25)21(17-9-5-3-6-10-17)18-11-7-4-8-12-18/h3-12,16,21,23H,13-15H2,1-2H3,(H,27,28). The highest BCUT2D eigenvalue weighted by Crippen LogP contribution is 2.26. The molecular formula is C22H26N2O5. The van der Waals surface area contributed by atoms with Crippen LogP contribution in [0.25, 0.3) is 0 Å². The van der Waals surface area contributed by atoms with Crippen LogP contribution >= 0.6 is 0 Å². The van der Waals surface area contributed by atoms with E-state index in [1.807, 2.05) is 60.7 Å². The Morgan fingerprint density at radius 3 is 1.97 bits per heavy atom. The van der Waals surface area contributed by atoms with E-state index in [1.54, 1.807) is 6.92 Å². The number of ketones is 1. The number of carbonyl (C=O) groups is 3. The first-order chi connectivity index (χ1) is 13.9. The maximum absolute atomic E-state index is 13.3. The monoisotopic (exact) mass is 398 g/mol. The lowest BCUT2D eigenvalue weighted by Gasteiger charge is -2.30. The van der Waals surface area contributed by atoms with Gasteiger partial charge in [0.1, 0.15) is 6.54 Å². The van der Waals surface area contributed by atoms with Crippen molar-refractivity contribution in [1.29, 1.82) is 0 Å². The van der Waals surface area contributed by atoms with Crippen LogP contribution in [0.4, 0.5) is 4.79 Å². The van der Waals surface area contributed by atoms with Gasteiger partial charge in [-0.3, -0.25) is 9.59 Å². The summed E-state index contributed by atoms with van der Waals surface area (Å²) in [6.07, 6.45) is -1.30. The lowest BCUT2D eigenvalue weighted by molar-refractivity contribution is -0.137. The fourth-order valence-electron chi connectivity index (χ4n) is 3.19. The molecule has 0 saturated carbocycles. The van der Waals surface area contributed by atoms with Gasteiger partial charge in [-0.1, -0.05) is 60.7 Å². The zero-order valence-corrected chi connectivity index (χ0v) is 16.6. The fourth-order valence-corrected chi connectivity index (χ4v) is 3.19. The van der Waals surface area contributed by atoms with Crippen molar-refractivity contribution in [2.75, 3.05) is 26.8 Å². The van der Waals surface area contributed by atoms with E-state index in [9.17, 15) is 14.4 Å². The van der Waals surface area contributed by atoms with Crippen LogP contribution in [-0.4, -0.2) is 60.6 Å². The lowest BCUT2D eigenvalue weighted by Crippen LogP contribution is -2.48. The highest BCUT2D eigenvalue weighted by atomic mass is 16.5. The highest BCUT2D eigenvalue weighted by Gasteiger charge is 2.29. The SMILES string of the molecule is COCC(C)N(CC(=O)C(c1ccccc1)c1ccccc1)C(=O)CNC(=O)O. The summed E-state index contributed by atoms with van der Waals surface area (Å²) in [6.45, 7) is 1.43. The molecule has 7 nitrogen and oxygen atoms in total. The second-order valence-electron chi connectivity index (χ2n) is 6.71. The van der Waals surface area contributed by atoms with E-state index in [4.69, 9.17) is 9.84 Å². The predicted octanol–water partition coefficient (Wildman–Crippen LogP) is 2.52. The third kappa shape index (κ3) is 6.43. The van der Waals surface area contributed by atoms with Crippen molar-refractivity contribution in [3.05, 3.63) is 71.8 Å². The van der Waals surface area contributed by atoms with Crippen LogP contribution in [0.15, 0.2) is 60.7 Å². The second kappa shape index (κ2) is 11.0. The van der Waals surface area contributed by atoms with E-state index < -0.39 is 24.5 Å². The minimum Gasteiger partial charge on any atom is -0.465 e. The Kier molecular flexibility index (Phi) is 8.36. The molecule has 29 heavy (non-hydrogen) atoms. The Bertz CT molecular complexity index is 771. The second-order valence-corrected chi connectivity index (χ2v) is 6.71. The van der Waals surface area contributed by atoms with E-state index in [0.29, 0.717) is 0 Å². The summed E-state index contributed by atoms with van der Waals surface area (Å²) in [5.41, 5.74) is 1.67. The van der Waals surface area contributed by atoms with Gasteiger partial charge in [-0.2, -0.15) is 0 Å². The quantitative estimate of drug-likeness (QED) is 0.641. The van der Waals surface area contributed by atoms with Gasteiger partial charge in [0.25, 0.3) is 0 Å². The molecule has 0 fully saturated rings. The first-order valence-electron chi connectivity index (χ1n) is 9.31. The van der Waals surface area contributed by atoms with Gasteiger partial charge >= 0.3 is 6.09 Å². The summed E-state index contributed by atoms with van der Waals surface area (Å²) >= 11 is 0. The molecule has 0 aliphatic rings. The Balaban J connectivity index is 2.29. The van der Waals surface area contributed by atoms with Gasteiger partial charge in [0.05, 0.1) is 25.1 Å². The number of methoxy groups -OCH3 is 1. The lowest BCUT2D eigenvalue weighted by atomic mass is 9.87. The molecule has 2 aromatic carbocycles. The number of hydrogen-bond donors (Lipinski definition) is 2. The van der Waals surface area contributed by atoms with Crippen molar-refractivity contribution in [2.45, 2.75) is 18.9 Å². The molecule has 154 valence electrons. The number of amides is 2. The Hall–Kier alpha value is -3.19. The number of Topliss-reactive ketones (excluding diaryl/α,β-unsaturated/α-hetero) is 1. The van der Waals surface area contributed by atoms with Crippen LogP contribution in [0.5, 0.6) is 0 Å². The normalized spacial score (nSPS) is 11.7. The summed E-state index contributed by atoms with van der Waals surface area (Å²) in [5, 5.41) is 10.8. The van der Waals surface area contributed by atoms with Crippen molar-refractivity contribution in [1.82, 2.24) is 10.2 Å². The fraction of sp³-hybridized carbons (Fsp3) is 0.318. The first-order valence-corrected chi connectivity index (χ1v) is 9.31. The summed E-state index contributed by atoms with van der Waals surface area (Å²) in [6, 6.07) is 18.4. The van der Waals surface area contributed by atoms with E-state index >= 15 is 0 Å². The average molecular weight is 398 g/mol. The molecule has 0 bridgehead atoms. The molecule has 0 radical (unpaired) electrons. The predicted molar refractivity (Wildman–Crippen MR) is 109 cm³/mol. The number of hydrogen-bond acceptors (Lipinski definition) is 4. The van der Waals surface area contributed by atoms with Gasteiger partial charge in [-0.25, -0.2) is 4.79 Å². The van der Waals surface area contributed by atoms with Crippen molar-refractivity contribution in [3.63, 3.8) is 0 Å². The van der Waals surface area contributed by atoms with Gasteiger partial charge < -0.3 is 20.1 Å². The number of carbonyl (C=O) groups excluding carboxylic acids is 2. The summed E-state index contributed by atoms with van der Waals surface area (Å²) in [7, 11) is 1.51. The molecule has 7 heteroatoms. The minimum atomic E-state index is -1.30.